The number of rotatable bonds is 5. The fraction of sp³-hybridized carbons (Fsp3) is 0.625. The lowest BCUT2D eigenvalue weighted by molar-refractivity contribution is -0.124. The standard InChI is InChI=1S/C8H13N3O3S/c9-10-6(12)3-1-2-4-11-7(13)5-15-8(11)14/h1-5,9H2,(H,10,12). The number of imide groups is 1. The van der Waals surface area contributed by atoms with Gasteiger partial charge in [-0.1, -0.05) is 11.8 Å². The molecule has 7 heteroatoms. The van der Waals surface area contributed by atoms with Crippen LogP contribution in [0.1, 0.15) is 19.3 Å². The van der Waals surface area contributed by atoms with E-state index >= 15 is 0 Å². The summed E-state index contributed by atoms with van der Waals surface area (Å²) in [5.74, 6) is 4.76. The number of carbonyl (C=O) groups is 3. The van der Waals surface area contributed by atoms with Crippen molar-refractivity contribution in [1.29, 1.82) is 0 Å². The maximum atomic E-state index is 11.2. The van der Waals surface area contributed by atoms with E-state index in [1.165, 1.54) is 4.90 Å². The molecule has 0 unspecified atom stereocenters. The minimum absolute atomic E-state index is 0.145. The van der Waals surface area contributed by atoms with Crippen LogP contribution in [0, 0.1) is 0 Å². The highest BCUT2D eigenvalue weighted by Crippen LogP contribution is 2.19. The number of unbranched alkanes of at least 4 members (excludes halogenated alkanes) is 1. The number of amides is 3. The molecular formula is C8H13N3O3S. The first kappa shape index (κ1) is 12.0. The lowest BCUT2D eigenvalue weighted by atomic mass is 10.2. The molecule has 1 heterocycles. The van der Waals surface area contributed by atoms with Crippen LogP contribution in [0.15, 0.2) is 0 Å². The summed E-state index contributed by atoms with van der Waals surface area (Å²) in [5.41, 5.74) is 2.02. The maximum Gasteiger partial charge on any atom is 0.288 e. The van der Waals surface area contributed by atoms with Gasteiger partial charge in [0.15, 0.2) is 0 Å². The average molecular weight is 231 g/mol. The molecule has 1 saturated heterocycles. The van der Waals surface area contributed by atoms with Crippen molar-refractivity contribution in [2.24, 2.45) is 5.84 Å². The minimum atomic E-state index is -0.233. The fourth-order valence-corrected chi connectivity index (χ4v) is 1.98. The number of hydrogen-bond acceptors (Lipinski definition) is 5. The van der Waals surface area contributed by atoms with Gasteiger partial charge in [0.2, 0.25) is 11.8 Å². The van der Waals surface area contributed by atoms with Crippen molar-refractivity contribution in [2.45, 2.75) is 19.3 Å². The van der Waals surface area contributed by atoms with Crippen LogP contribution in [0.4, 0.5) is 4.79 Å². The van der Waals surface area contributed by atoms with Crippen LogP contribution in [0.2, 0.25) is 0 Å². The Labute approximate surface area is 91.5 Å². The third kappa shape index (κ3) is 3.52. The zero-order valence-corrected chi connectivity index (χ0v) is 9.01. The number of thioether (sulfide) groups is 1. The molecule has 3 N–H and O–H groups in total. The molecule has 0 aliphatic carbocycles. The van der Waals surface area contributed by atoms with Crippen molar-refractivity contribution in [3.8, 4) is 0 Å². The van der Waals surface area contributed by atoms with Crippen molar-refractivity contribution in [1.82, 2.24) is 10.3 Å². The first-order chi connectivity index (χ1) is 7.15. The lowest BCUT2D eigenvalue weighted by Gasteiger charge is -2.11. The summed E-state index contributed by atoms with van der Waals surface area (Å²) in [6.07, 6.45) is 1.57. The van der Waals surface area contributed by atoms with Crippen LogP contribution in [0.5, 0.6) is 0 Å². The van der Waals surface area contributed by atoms with Crippen molar-refractivity contribution >= 4 is 28.8 Å². The molecule has 3 amide bonds. The van der Waals surface area contributed by atoms with E-state index in [1.54, 1.807) is 0 Å². The Morgan fingerprint density at radius 1 is 1.47 bits per heavy atom. The third-order valence-electron chi connectivity index (χ3n) is 2.04. The SMILES string of the molecule is NNC(=O)CCCCN1C(=O)CSC1=O. The van der Waals surface area contributed by atoms with Crippen LogP contribution in [-0.2, 0) is 9.59 Å². The predicted molar refractivity (Wildman–Crippen MR) is 55.7 cm³/mol. The molecule has 15 heavy (non-hydrogen) atoms. The summed E-state index contributed by atoms with van der Waals surface area (Å²) in [5, 5.41) is -0.191. The van der Waals surface area contributed by atoms with Gasteiger partial charge in [0.1, 0.15) is 0 Å². The highest BCUT2D eigenvalue weighted by atomic mass is 32.2. The lowest BCUT2D eigenvalue weighted by Crippen LogP contribution is -2.31. The molecule has 0 bridgehead atoms. The molecule has 0 aromatic heterocycles. The molecule has 1 aliphatic heterocycles. The van der Waals surface area contributed by atoms with Gasteiger partial charge >= 0.3 is 0 Å². The Hall–Kier alpha value is -1.08. The Balaban J connectivity index is 2.17. The van der Waals surface area contributed by atoms with Crippen LogP contribution in [0.3, 0.4) is 0 Å². The number of carbonyl (C=O) groups excluding carboxylic acids is 3. The summed E-state index contributed by atoms with van der Waals surface area (Å²) in [7, 11) is 0. The summed E-state index contributed by atoms with van der Waals surface area (Å²) in [4.78, 5) is 34.3. The second kappa shape index (κ2) is 5.72. The van der Waals surface area contributed by atoms with Crippen molar-refractivity contribution < 1.29 is 14.4 Å². The second-order valence-corrected chi connectivity index (χ2v) is 4.05. The van der Waals surface area contributed by atoms with E-state index in [-0.39, 0.29) is 22.8 Å². The van der Waals surface area contributed by atoms with Gasteiger partial charge in [0.25, 0.3) is 5.24 Å². The molecular weight excluding hydrogens is 218 g/mol. The van der Waals surface area contributed by atoms with Crippen molar-refractivity contribution in [3.05, 3.63) is 0 Å². The summed E-state index contributed by atoms with van der Waals surface area (Å²) in [6, 6.07) is 0. The first-order valence-electron chi connectivity index (χ1n) is 4.61. The molecule has 0 atom stereocenters. The molecule has 0 radical (unpaired) electrons. The molecule has 0 aromatic carbocycles. The van der Waals surface area contributed by atoms with Gasteiger partial charge < -0.3 is 0 Å². The minimum Gasteiger partial charge on any atom is -0.294 e. The van der Waals surface area contributed by atoms with Crippen molar-refractivity contribution in [2.75, 3.05) is 12.3 Å². The predicted octanol–water partition coefficient (Wildman–Crippen LogP) is -0.158. The molecule has 6 nitrogen and oxygen atoms in total. The van der Waals surface area contributed by atoms with Gasteiger partial charge in [-0.2, -0.15) is 0 Å². The normalized spacial score (nSPS) is 15.9. The number of nitrogens with two attached hydrogens (primary N) is 1. The molecule has 0 aromatic rings. The summed E-state index contributed by atoms with van der Waals surface area (Å²) >= 11 is 1.02. The largest absolute Gasteiger partial charge is 0.294 e. The van der Waals surface area contributed by atoms with E-state index in [0.29, 0.717) is 25.8 Å². The zero-order chi connectivity index (χ0) is 11.3. The average Bonchev–Trinajstić information content (AvgIpc) is 2.54. The second-order valence-electron chi connectivity index (χ2n) is 3.12. The molecule has 1 fully saturated rings. The van der Waals surface area contributed by atoms with E-state index in [9.17, 15) is 14.4 Å². The smallest absolute Gasteiger partial charge is 0.288 e. The van der Waals surface area contributed by atoms with Gasteiger partial charge in [-0.25, -0.2) is 5.84 Å². The molecule has 1 aliphatic rings. The molecule has 84 valence electrons. The van der Waals surface area contributed by atoms with E-state index in [2.05, 4.69) is 0 Å². The number of hydrazine groups is 1. The van der Waals surface area contributed by atoms with Crippen LogP contribution < -0.4 is 11.3 Å². The fourth-order valence-electron chi connectivity index (χ4n) is 1.22. The number of nitrogens with zero attached hydrogens (tertiary/aromatic N) is 1. The Kier molecular flexibility index (Phi) is 4.57. The summed E-state index contributed by atoms with van der Waals surface area (Å²) < 4.78 is 0. The number of nitrogens with one attached hydrogen (secondary N) is 1. The quantitative estimate of drug-likeness (QED) is 0.297. The molecule has 0 saturated carbocycles. The Bertz CT molecular complexity index is 266. The van der Waals surface area contributed by atoms with E-state index in [4.69, 9.17) is 5.84 Å². The topological polar surface area (TPSA) is 92.5 Å². The van der Waals surface area contributed by atoms with Gasteiger partial charge in [-0.15, -0.1) is 0 Å². The number of hydrogen-bond donors (Lipinski definition) is 2. The third-order valence-corrected chi connectivity index (χ3v) is 2.90. The highest BCUT2D eigenvalue weighted by molar-refractivity contribution is 8.14. The first-order valence-corrected chi connectivity index (χ1v) is 5.60. The highest BCUT2D eigenvalue weighted by Gasteiger charge is 2.28. The van der Waals surface area contributed by atoms with Gasteiger partial charge in [-0.05, 0) is 12.8 Å². The monoisotopic (exact) mass is 231 g/mol. The van der Waals surface area contributed by atoms with E-state index in [0.717, 1.165) is 11.8 Å². The van der Waals surface area contributed by atoms with Crippen LogP contribution in [0.25, 0.3) is 0 Å². The maximum absolute atomic E-state index is 11.2. The van der Waals surface area contributed by atoms with E-state index < -0.39 is 0 Å². The Morgan fingerprint density at radius 2 is 2.20 bits per heavy atom. The summed E-state index contributed by atoms with van der Waals surface area (Å²) in [6.45, 7) is 0.391. The zero-order valence-electron chi connectivity index (χ0n) is 8.19. The van der Waals surface area contributed by atoms with E-state index in [1.807, 2.05) is 5.43 Å². The van der Waals surface area contributed by atoms with Gasteiger partial charge in [0.05, 0.1) is 5.75 Å². The molecule has 0 spiro atoms. The van der Waals surface area contributed by atoms with Crippen LogP contribution in [-0.4, -0.2) is 34.3 Å². The molecule has 1 rings (SSSR count). The van der Waals surface area contributed by atoms with Crippen LogP contribution >= 0.6 is 11.8 Å². The van der Waals surface area contributed by atoms with Gasteiger partial charge in [-0.3, -0.25) is 24.7 Å². The Morgan fingerprint density at radius 3 is 2.73 bits per heavy atom. The van der Waals surface area contributed by atoms with Gasteiger partial charge in [0, 0.05) is 13.0 Å². The van der Waals surface area contributed by atoms with Crippen molar-refractivity contribution in [3.63, 3.8) is 0 Å².